The van der Waals surface area contributed by atoms with E-state index in [1.165, 1.54) is 11.3 Å². The number of nitrogens with two attached hydrogens (primary N) is 1. The quantitative estimate of drug-likeness (QED) is 0.459. The fraction of sp³-hybridized carbons (Fsp3) is 0.160. The van der Waals surface area contributed by atoms with Crippen LogP contribution in [0.25, 0.3) is 21.3 Å². The van der Waals surface area contributed by atoms with Crippen LogP contribution in [0.2, 0.25) is 0 Å². The average molecular weight is 443 g/mol. The average Bonchev–Trinajstić information content (AvgIpc) is 3.51. The van der Waals surface area contributed by atoms with Gasteiger partial charge in [0.15, 0.2) is 0 Å². The van der Waals surface area contributed by atoms with E-state index in [9.17, 15) is 9.59 Å². The molecule has 2 amide bonds. The van der Waals surface area contributed by atoms with Crippen molar-refractivity contribution < 1.29 is 9.59 Å². The molecule has 5 rings (SSSR count). The normalized spacial score (nSPS) is 13.4. The Morgan fingerprint density at radius 3 is 2.59 bits per heavy atom. The van der Waals surface area contributed by atoms with Crippen LogP contribution in [0.15, 0.2) is 66.0 Å². The molecule has 32 heavy (non-hydrogen) atoms. The lowest BCUT2D eigenvalue weighted by Gasteiger charge is -2.22. The maximum atomic E-state index is 13.1. The number of thiazole rings is 1. The number of primary amides is 1. The first kappa shape index (κ1) is 20.2. The van der Waals surface area contributed by atoms with Crippen LogP contribution in [-0.2, 0) is 0 Å². The van der Waals surface area contributed by atoms with Crippen molar-refractivity contribution in [3.8, 4) is 10.6 Å². The third-order valence-corrected chi connectivity index (χ3v) is 6.61. The van der Waals surface area contributed by atoms with E-state index in [0.29, 0.717) is 16.9 Å². The maximum Gasteiger partial charge on any atom is 0.275 e. The van der Waals surface area contributed by atoms with Gasteiger partial charge in [-0.3, -0.25) is 9.59 Å². The molecule has 4 aromatic rings. The highest BCUT2D eigenvalue weighted by Crippen LogP contribution is 2.33. The van der Waals surface area contributed by atoms with E-state index >= 15 is 0 Å². The Labute approximate surface area is 189 Å². The Morgan fingerprint density at radius 1 is 1.00 bits per heavy atom. The van der Waals surface area contributed by atoms with Crippen molar-refractivity contribution in [1.82, 2.24) is 4.98 Å². The number of rotatable bonds is 5. The van der Waals surface area contributed by atoms with E-state index in [-0.39, 0.29) is 5.91 Å². The molecule has 0 saturated carbocycles. The van der Waals surface area contributed by atoms with E-state index in [4.69, 9.17) is 5.73 Å². The molecule has 3 N–H and O–H groups in total. The van der Waals surface area contributed by atoms with Crippen LogP contribution in [0.1, 0.15) is 33.7 Å². The lowest BCUT2D eigenvalue weighted by atomic mass is 10.1. The largest absolute Gasteiger partial charge is 0.370 e. The minimum Gasteiger partial charge on any atom is -0.370 e. The topological polar surface area (TPSA) is 88.3 Å². The molecule has 0 bridgehead atoms. The van der Waals surface area contributed by atoms with E-state index in [1.54, 1.807) is 17.5 Å². The van der Waals surface area contributed by atoms with Crippen molar-refractivity contribution in [2.45, 2.75) is 12.8 Å². The molecule has 6 nitrogen and oxygen atoms in total. The summed E-state index contributed by atoms with van der Waals surface area (Å²) in [6.07, 6.45) is 2.21. The molecular weight excluding hydrogens is 420 g/mol. The van der Waals surface area contributed by atoms with Crippen molar-refractivity contribution in [3.63, 3.8) is 0 Å². The summed E-state index contributed by atoms with van der Waals surface area (Å²) in [6, 6.07) is 19.4. The molecule has 0 radical (unpaired) electrons. The van der Waals surface area contributed by atoms with Crippen molar-refractivity contribution in [2.24, 2.45) is 5.73 Å². The van der Waals surface area contributed by atoms with E-state index in [2.05, 4.69) is 33.4 Å². The molecule has 3 aromatic carbocycles. The third-order valence-electron chi connectivity index (χ3n) is 5.73. The summed E-state index contributed by atoms with van der Waals surface area (Å²) in [5.74, 6) is -0.838. The number of hydrogen-bond donors (Lipinski definition) is 2. The number of nitrogens with one attached hydrogen (secondary N) is 1. The summed E-state index contributed by atoms with van der Waals surface area (Å²) < 4.78 is 0. The van der Waals surface area contributed by atoms with E-state index in [0.717, 1.165) is 53.0 Å². The van der Waals surface area contributed by atoms with Gasteiger partial charge >= 0.3 is 0 Å². The summed E-state index contributed by atoms with van der Waals surface area (Å²) >= 11 is 1.44. The van der Waals surface area contributed by atoms with E-state index in [1.807, 2.05) is 30.3 Å². The summed E-state index contributed by atoms with van der Waals surface area (Å²) in [5.41, 5.74) is 8.64. The number of hydrogen-bond acceptors (Lipinski definition) is 5. The number of carbonyl (C=O) groups is 2. The second-order valence-corrected chi connectivity index (χ2v) is 8.67. The van der Waals surface area contributed by atoms with Gasteiger partial charge < -0.3 is 16.0 Å². The zero-order chi connectivity index (χ0) is 22.1. The van der Waals surface area contributed by atoms with Gasteiger partial charge in [0.2, 0.25) is 5.91 Å². The number of benzene rings is 3. The van der Waals surface area contributed by atoms with Gasteiger partial charge in [-0.25, -0.2) is 4.98 Å². The molecule has 7 heteroatoms. The molecule has 0 atom stereocenters. The molecule has 0 aliphatic carbocycles. The second-order valence-electron chi connectivity index (χ2n) is 7.81. The highest BCUT2D eigenvalue weighted by atomic mass is 32.1. The molecular formula is C25H22N4O2S. The number of aromatic nitrogens is 1. The van der Waals surface area contributed by atoms with Gasteiger partial charge in [-0.05, 0) is 41.8 Å². The van der Waals surface area contributed by atoms with Gasteiger partial charge in [-0.15, -0.1) is 11.3 Å². The molecule has 0 unspecified atom stereocenters. The Balaban J connectivity index is 1.45. The smallest absolute Gasteiger partial charge is 0.275 e. The molecule has 1 aromatic heterocycles. The lowest BCUT2D eigenvalue weighted by molar-refractivity contribution is 0.0995. The summed E-state index contributed by atoms with van der Waals surface area (Å²) in [5, 5.41) is 7.74. The van der Waals surface area contributed by atoms with Crippen LogP contribution in [0.3, 0.4) is 0 Å². The number of nitrogens with zero attached hydrogens (tertiary/aromatic N) is 2. The number of anilines is 2. The summed E-state index contributed by atoms with van der Waals surface area (Å²) in [7, 11) is 0. The number of carbonyl (C=O) groups excluding carboxylic acids is 2. The minimum absolute atomic E-state index is 0.310. The molecule has 2 heterocycles. The van der Waals surface area contributed by atoms with Crippen LogP contribution in [0.5, 0.6) is 0 Å². The van der Waals surface area contributed by atoms with Gasteiger partial charge in [0.05, 0.1) is 11.4 Å². The van der Waals surface area contributed by atoms with E-state index < -0.39 is 5.91 Å². The monoisotopic (exact) mass is 442 g/mol. The zero-order valence-electron chi connectivity index (χ0n) is 17.4. The standard InChI is InChI=1S/C25H22N4O2S/c26-23(30)17-10-11-22(29-12-3-4-13-29)20(14-17)27-24(31)21-15-32-25(28-21)19-9-5-7-16-6-1-2-8-18(16)19/h1-2,5-11,14-15H,3-4,12-13H2,(H2,26,30)(H,27,31). The molecule has 160 valence electrons. The molecule has 1 aliphatic heterocycles. The van der Waals surface area contributed by atoms with Crippen LogP contribution in [-0.4, -0.2) is 29.9 Å². The Morgan fingerprint density at radius 2 is 1.78 bits per heavy atom. The minimum atomic E-state index is -0.527. The molecule has 1 aliphatic rings. The van der Waals surface area contributed by atoms with Crippen molar-refractivity contribution in [3.05, 3.63) is 77.3 Å². The molecule has 1 saturated heterocycles. The Hall–Kier alpha value is -3.71. The number of amides is 2. The van der Waals surface area contributed by atoms with Crippen LogP contribution in [0.4, 0.5) is 11.4 Å². The predicted octanol–water partition coefficient (Wildman–Crippen LogP) is 4.91. The fourth-order valence-electron chi connectivity index (χ4n) is 4.12. The fourth-order valence-corrected chi connectivity index (χ4v) is 4.96. The van der Waals surface area contributed by atoms with Gasteiger partial charge in [0, 0.05) is 29.6 Å². The van der Waals surface area contributed by atoms with Crippen molar-refractivity contribution in [1.29, 1.82) is 0 Å². The Kier molecular flexibility index (Phi) is 5.33. The Bertz CT molecular complexity index is 1320. The first-order valence-corrected chi connectivity index (χ1v) is 11.4. The van der Waals surface area contributed by atoms with Gasteiger partial charge in [-0.1, -0.05) is 42.5 Å². The molecule has 1 fully saturated rings. The summed E-state index contributed by atoms with van der Waals surface area (Å²) in [6.45, 7) is 1.83. The first-order valence-electron chi connectivity index (χ1n) is 10.5. The molecule has 0 spiro atoms. The van der Waals surface area contributed by atoms with Gasteiger partial charge in [0.25, 0.3) is 5.91 Å². The zero-order valence-corrected chi connectivity index (χ0v) is 18.2. The highest BCUT2D eigenvalue weighted by molar-refractivity contribution is 7.13. The lowest BCUT2D eigenvalue weighted by Crippen LogP contribution is -2.22. The van der Waals surface area contributed by atoms with Crippen LogP contribution in [0, 0.1) is 0 Å². The van der Waals surface area contributed by atoms with Crippen molar-refractivity contribution >= 4 is 45.3 Å². The van der Waals surface area contributed by atoms with Crippen molar-refractivity contribution in [2.75, 3.05) is 23.3 Å². The second kappa shape index (κ2) is 8.43. The number of fused-ring (bicyclic) bond motifs is 1. The SMILES string of the molecule is NC(=O)c1ccc(N2CCCC2)c(NC(=O)c2csc(-c3cccc4ccccc34)n2)c1. The van der Waals surface area contributed by atoms with Gasteiger partial charge in [-0.2, -0.15) is 0 Å². The predicted molar refractivity (Wildman–Crippen MR) is 129 cm³/mol. The third kappa shape index (κ3) is 3.83. The summed E-state index contributed by atoms with van der Waals surface area (Å²) in [4.78, 5) is 31.6. The van der Waals surface area contributed by atoms with Crippen LogP contribution < -0.4 is 16.0 Å². The van der Waals surface area contributed by atoms with Gasteiger partial charge in [0.1, 0.15) is 10.7 Å². The first-order chi connectivity index (χ1) is 15.6. The maximum absolute atomic E-state index is 13.1. The van der Waals surface area contributed by atoms with Crippen LogP contribution >= 0.6 is 11.3 Å². The highest BCUT2D eigenvalue weighted by Gasteiger charge is 2.20.